The number of anilines is 1. The highest BCUT2D eigenvalue weighted by Gasteiger charge is 2.16. The second-order valence-electron chi connectivity index (χ2n) is 3.54. The maximum atomic E-state index is 12.4. The molecule has 92 valence electrons. The molecule has 0 bridgehead atoms. The number of halogens is 2. The highest BCUT2D eigenvalue weighted by molar-refractivity contribution is 5.97. The summed E-state index contributed by atoms with van der Waals surface area (Å²) in [7, 11) is 0. The molecule has 0 saturated carbocycles. The Balaban J connectivity index is 2.19. The van der Waals surface area contributed by atoms with Gasteiger partial charge in [0.25, 0.3) is 0 Å². The average molecular weight is 251 g/mol. The maximum absolute atomic E-state index is 12.4. The van der Waals surface area contributed by atoms with E-state index in [2.05, 4.69) is 25.3 Å². The Morgan fingerprint density at radius 3 is 2.89 bits per heavy atom. The van der Waals surface area contributed by atoms with Crippen molar-refractivity contribution in [2.75, 3.05) is 5.73 Å². The number of H-pyrrole nitrogens is 1. The normalized spacial score (nSPS) is 11.5. The fourth-order valence-electron chi connectivity index (χ4n) is 1.66. The number of hydrogen-bond donors (Lipinski definition) is 2. The summed E-state index contributed by atoms with van der Waals surface area (Å²) in [6.07, 6.45) is 3.77. The monoisotopic (exact) mass is 251 g/mol. The van der Waals surface area contributed by atoms with Gasteiger partial charge in [-0.15, -0.1) is 0 Å². The summed E-state index contributed by atoms with van der Waals surface area (Å²) in [5.41, 5.74) is 6.98. The smallest absolute Gasteiger partial charge is 0.333 e. The van der Waals surface area contributed by atoms with Gasteiger partial charge in [-0.25, -0.2) is 14.6 Å². The molecule has 0 spiro atoms. The number of nitrogens with two attached hydrogens (primary N) is 1. The first-order chi connectivity index (χ1) is 8.66. The molecule has 0 aliphatic rings. The van der Waals surface area contributed by atoms with Crippen LogP contribution in [0.25, 0.3) is 22.3 Å². The molecular formula is C9H7F2N7. The van der Waals surface area contributed by atoms with Crippen LogP contribution >= 0.6 is 0 Å². The van der Waals surface area contributed by atoms with Crippen molar-refractivity contribution in [3.05, 3.63) is 18.7 Å². The minimum Gasteiger partial charge on any atom is -0.383 e. The van der Waals surface area contributed by atoms with Crippen LogP contribution in [0.2, 0.25) is 0 Å². The standard InChI is InChI=1S/C9H7F2N7/c10-9(11)18-2-4(1-15-18)6-5-7(12)13-3-14-8(5)17-16-6/h1-3,9H,(H3,12,13,14,16,17). The van der Waals surface area contributed by atoms with Crippen molar-refractivity contribution in [3.8, 4) is 11.3 Å². The van der Waals surface area contributed by atoms with Crippen LogP contribution in [-0.4, -0.2) is 29.9 Å². The Morgan fingerprint density at radius 1 is 1.33 bits per heavy atom. The lowest BCUT2D eigenvalue weighted by Gasteiger charge is -1.96. The van der Waals surface area contributed by atoms with Crippen LogP contribution in [-0.2, 0) is 0 Å². The molecule has 3 aromatic rings. The molecule has 3 aromatic heterocycles. The number of hydrogen-bond acceptors (Lipinski definition) is 5. The van der Waals surface area contributed by atoms with Crippen LogP contribution < -0.4 is 5.73 Å². The number of nitrogens with one attached hydrogen (secondary N) is 1. The minimum absolute atomic E-state index is 0.230. The summed E-state index contributed by atoms with van der Waals surface area (Å²) in [5.74, 6) is 0.230. The Labute approximate surface area is 98.6 Å². The molecule has 0 fully saturated rings. The lowest BCUT2D eigenvalue weighted by atomic mass is 10.2. The zero-order valence-electron chi connectivity index (χ0n) is 8.88. The van der Waals surface area contributed by atoms with Crippen molar-refractivity contribution in [3.63, 3.8) is 0 Å². The zero-order chi connectivity index (χ0) is 12.7. The van der Waals surface area contributed by atoms with Crippen LogP contribution in [0.3, 0.4) is 0 Å². The van der Waals surface area contributed by atoms with Crippen molar-refractivity contribution in [2.24, 2.45) is 0 Å². The van der Waals surface area contributed by atoms with E-state index >= 15 is 0 Å². The summed E-state index contributed by atoms with van der Waals surface area (Å²) in [6, 6.07) is 0. The Hall–Kier alpha value is -2.58. The van der Waals surface area contributed by atoms with Crippen molar-refractivity contribution in [1.29, 1.82) is 0 Å². The van der Waals surface area contributed by atoms with Crippen LogP contribution in [0.1, 0.15) is 6.55 Å². The first kappa shape index (κ1) is 10.6. The van der Waals surface area contributed by atoms with Gasteiger partial charge in [-0.05, 0) is 0 Å². The van der Waals surface area contributed by atoms with E-state index in [9.17, 15) is 8.78 Å². The fraction of sp³-hybridized carbons (Fsp3) is 0.111. The highest BCUT2D eigenvalue weighted by atomic mass is 19.3. The number of rotatable bonds is 2. The summed E-state index contributed by atoms with van der Waals surface area (Å²) < 4.78 is 25.4. The molecule has 9 heteroatoms. The number of nitrogen functional groups attached to an aromatic ring is 1. The minimum atomic E-state index is -2.70. The van der Waals surface area contributed by atoms with Crippen LogP contribution in [0.15, 0.2) is 18.7 Å². The van der Waals surface area contributed by atoms with Crippen molar-refractivity contribution in [1.82, 2.24) is 29.9 Å². The second kappa shape index (κ2) is 3.72. The summed E-state index contributed by atoms with van der Waals surface area (Å²) in [5, 5.41) is 10.7. The fourth-order valence-corrected chi connectivity index (χ4v) is 1.66. The summed E-state index contributed by atoms with van der Waals surface area (Å²) >= 11 is 0. The molecule has 0 atom stereocenters. The third kappa shape index (κ3) is 1.48. The molecule has 0 aliphatic carbocycles. The first-order valence-corrected chi connectivity index (χ1v) is 4.94. The van der Waals surface area contributed by atoms with Crippen LogP contribution in [0.5, 0.6) is 0 Å². The van der Waals surface area contributed by atoms with E-state index in [0.29, 0.717) is 27.0 Å². The van der Waals surface area contributed by atoms with Crippen LogP contribution in [0, 0.1) is 0 Å². The van der Waals surface area contributed by atoms with Gasteiger partial charge in [0.05, 0.1) is 11.6 Å². The van der Waals surface area contributed by atoms with Crippen molar-refractivity contribution >= 4 is 16.9 Å². The van der Waals surface area contributed by atoms with Gasteiger partial charge in [0.2, 0.25) is 0 Å². The van der Waals surface area contributed by atoms with E-state index in [-0.39, 0.29) is 5.82 Å². The molecular weight excluding hydrogens is 244 g/mol. The topological polar surface area (TPSA) is 98.3 Å². The van der Waals surface area contributed by atoms with Crippen molar-refractivity contribution in [2.45, 2.75) is 6.55 Å². The van der Waals surface area contributed by atoms with Gasteiger partial charge in [0.1, 0.15) is 17.8 Å². The molecule has 3 N–H and O–H groups in total. The molecule has 3 rings (SSSR count). The van der Waals surface area contributed by atoms with E-state index in [1.165, 1.54) is 18.7 Å². The van der Waals surface area contributed by atoms with E-state index in [0.717, 1.165) is 0 Å². The van der Waals surface area contributed by atoms with Gasteiger partial charge in [-0.1, -0.05) is 0 Å². The van der Waals surface area contributed by atoms with Gasteiger partial charge in [-0.3, -0.25) is 5.10 Å². The first-order valence-electron chi connectivity index (χ1n) is 4.94. The number of alkyl halides is 2. The predicted octanol–water partition coefficient (Wildman–Crippen LogP) is 1.19. The Bertz CT molecular complexity index is 702. The third-order valence-corrected chi connectivity index (χ3v) is 2.46. The molecule has 7 nitrogen and oxygen atoms in total. The van der Waals surface area contributed by atoms with Gasteiger partial charge in [-0.2, -0.15) is 19.0 Å². The maximum Gasteiger partial charge on any atom is 0.333 e. The molecule has 3 heterocycles. The average Bonchev–Trinajstić information content (AvgIpc) is 2.94. The number of aromatic nitrogens is 6. The SMILES string of the molecule is Nc1ncnc2[nH]nc(-c3cnn(C(F)F)c3)c12. The molecule has 0 saturated heterocycles. The second-order valence-corrected chi connectivity index (χ2v) is 3.54. The lowest BCUT2D eigenvalue weighted by Crippen LogP contribution is -1.96. The van der Waals surface area contributed by atoms with E-state index in [1.807, 2.05) is 0 Å². The van der Waals surface area contributed by atoms with Gasteiger partial charge >= 0.3 is 6.55 Å². The molecule has 0 unspecified atom stereocenters. The van der Waals surface area contributed by atoms with E-state index in [4.69, 9.17) is 5.73 Å². The summed E-state index contributed by atoms with van der Waals surface area (Å²) in [6.45, 7) is -2.70. The summed E-state index contributed by atoms with van der Waals surface area (Å²) in [4.78, 5) is 7.78. The van der Waals surface area contributed by atoms with Gasteiger partial charge in [0, 0.05) is 11.8 Å². The molecule has 0 amide bonds. The van der Waals surface area contributed by atoms with Gasteiger partial charge in [0.15, 0.2) is 5.65 Å². The zero-order valence-corrected chi connectivity index (χ0v) is 8.88. The van der Waals surface area contributed by atoms with E-state index in [1.54, 1.807) is 0 Å². The van der Waals surface area contributed by atoms with E-state index < -0.39 is 6.55 Å². The molecule has 0 radical (unpaired) electrons. The Kier molecular flexibility index (Phi) is 2.18. The quantitative estimate of drug-likeness (QED) is 0.712. The van der Waals surface area contributed by atoms with Crippen LogP contribution in [0.4, 0.5) is 14.6 Å². The molecule has 18 heavy (non-hydrogen) atoms. The highest BCUT2D eigenvalue weighted by Crippen LogP contribution is 2.28. The molecule has 0 aromatic carbocycles. The van der Waals surface area contributed by atoms with Gasteiger partial charge < -0.3 is 5.73 Å². The number of fused-ring (bicyclic) bond motifs is 1. The lowest BCUT2D eigenvalue weighted by molar-refractivity contribution is 0.0566. The molecule has 0 aliphatic heterocycles. The van der Waals surface area contributed by atoms with Crippen molar-refractivity contribution < 1.29 is 8.78 Å². The number of aromatic amines is 1. The third-order valence-electron chi connectivity index (χ3n) is 2.46. The predicted molar refractivity (Wildman–Crippen MR) is 58.6 cm³/mol. The largest absolute Gasteiger partial charge is 0.383 e. The number of nitrogens with zero attached hydrogens (tertiary/aromatic N) is 5. The Morgan fingerprint density at radius 2 is 2.17 bits per heavy atom.